The summed E-state index contributed by atoms with van der Waals surface area (Å²) in [6.07, 6.45) is -0.0249. The molecule has 0 aliphatic carbocycles. The summed E-state index contributed by atoms with van der Waals surface area (Å²) in [5.74, 6) is -1.05. The lowest BCUT2D eigenvalue weighted by atomic mass is 10.1. The van der Waals surface area contributed by atoms with Crippen molar-refractivity contribution in [3.8, 4) is 0 Å². The molecule has 0 fully saturated rings. The van der Waals surface area contributed by atoms with Gasteiger partial charge in [-0.2, -0.15) is 10.2 Å². The van der Waals surface area contributed by atoms with E-state index in [0.29, 0.717) is 6.42 Å². The van der Waals surface area contributed by atoms with E-state index in [1.54, 1.807) is 0 Å². The molecule has 27 heavy (non-hydrogen) atoms. The Kier molecular flexibility index (Phi) is 7.96. The number of carbonyl (C=O) groups is 2. The van der Waals surface area contributed by atoms with Gasteiger partial charge in [-0.3, -0.25) is 0 Å². The molecule has 0 aliphatic rings. The van der Waals surface area contributed by atoms with Gasteiger partial charge in [0.1, 0.15) is 6.61 Å². The fraction of sp³-hybridized carbons (Fsp3) is 0.300. The molecule has 2 aromatic rings. The van der Waals surface area contributed by atoms with Crippen LogP contribution in [0.5, 0.6) is 0 Å². The maximum absolute atomic E-state index is 12.1. The summed E-state index contributed by atoms with van der Waals surface area (Å²) < 4.78 is 5.25. The predicted octanol–water partition coefficient (Wildman–Crippen LogP) is 3.45. The maximum Gasteiger partial charge on any atom is 0.407 e. The minimum atomic E-state index is -1.05. The van der Waals surface area contributed by atoms with Crippen molar-refractivity contribution in [1.29, 1.82) is 0 Å². The second kappa shape index (κ2) is 10.7. The molecular formula is C20H23N3O4. The monoisotopic (exact) mass is 369 g/mol. The van der Waals surface area contributed by atoms with Crippen molar-refractivity contribution in [2.75, 3.05) is 6.54 Å². The van der Waals surface area contributed by atoms with Gasteiger partial charge < -0.3 is 15.2 Å². The Morgan fingerprint density at radius 1 is 1.04 bits per heavy atom. The zero-order chi connectivity index (χ0) is 19.5. The molecule has 2 atom stereocenters. The zero-order valence-corrected chi connectivity index (χ0v) is 15.1. The first kappa shape index (κ1) is 20.1. The van der Waals surface area contributed by atoms with Crippen molar-refractivity contribution in [3.63, 3.8) is 0 Å². The number of ether oxygens (including phenoxy) is 1. The quantitative estimate of drug-likeness (QED) is 0.661. The highest BCUT2D eigenvalue weighted by molar-refractivity contribution is 5.72. The molecule has 7 heteroatoms. The second-order valence-electron chi connectivity index (χ2n) is 6.05. The molecule has 2 N–H and O–H groups in total. The van der Waals surface area contributed by atoms with E-state index in [1.165, 1.54) is 6.92 Å². The second-order valence-corrected chi connectivity index (χ2v) is 6.05. The number of aliphatic carboxylic acids is 1. The Morgan fingerprint density at radius 3 is 2.22 bits per heavy atom. The van der Waals surface area contributed by atoms with E-state index >= 15 is 0 Å². The minimum Gasteiger partial charge on any atom is -0.480 e. The number of carbonyl (C=O) groups excluding carboxylic acids is 1. The van der Waals surface area contributed by atoms with Gasteiger partial charge in [-0.25, -0.2) is 9.59 Å². The summed E-state index contributed by atoms with van der Waals surface area (Å²) in [6, 6.07) is 17.7. The Bertz CT molecular complexity index is 750. The first-order chi connectivity index (χ1) is 13.0. The van der Waals surface area contributed by atoms with Crippen LogP contribution in [0.25, 0.3) is 0 Å². The molecule has 2 aromatic carbocycles. The number of carboxylic acid groups (broad SMARTS) is 1. The lowest BCUT2D eigenvalue weighted by Gasteiger charge is -2.17. The molecule has 0 heterocycles. The number of nitrogens with one attached hydrogen (secondary N) is 1. The molecule has 142 valence electrons. The predicted molar refractivity (Wildman–Crippen MR) is 101 cm³/mol. The van der Waals surface area contributed by atoms with Crippen LogP contribution in [0.15, 0.2) is 70.9 Å². The van der Waals surface area contributed by atoms with E-state index < -0.39 is 18.1 Å². The molecular weight excluding hydrogens is 346 g/mol. The van der Waals surface area contributed by atoms with Crippen LogP contribution >= 0.6 is 0 Å². The summed E-state index contributed by atoms with van der Waals surface area (Å²) in [6.45, 7) is 1.77. The van der Waals surface area contributed by atoms with Gasteiger partial charge in [0.2, 0.25) is 0 Å². The normalized spacial score (nSPS) is 13.1. The van der Waals surface area contributed by atoms with Crippen LogP contribution < -0.4 is 5.32 Å². The van der Waals surface area contributed by atoms with Gasteiger partial charge in [0.25, 0.3) is 0 Å². The average molecular weight is 369 g/mol. The van der Waals surface area contributed by atoms with Crippen molar-refractivity contribution in [1.82, 2.24) is 5.32 Å². The van der Waals surface area contributed by atoms with E-state index in [4.69, 9.17) is 9.84 Å². The molecule has 0 saturated carbocycles. The third kappa shape index (κ3) is 7.68. The Labute approximate surface area is 158 Å². The molecule has 1 amide bonds. The topological polar surface area (TPSA) is 100 Å². The Morgan fingerprint density at radius 2 is 1.63 bits per heavy atom. The molecule has 7 nitrogen and oxygen atoms in total. The van der Waals surface area contributed by atoms with Gasteiger partial charge in [0.15, 0.2) is 6.04 Å². The van der Waals surface area contributed by atoms with E-state index in [-0.39, 0.29) is 19.2 Å². The van der Waals surface area contributed by atoms with Crippen LogP contribution in [0.3, 0.4) is 0 Å². The van der Waals surface area contributed by atoms with E-state index in [2.05, 4.69) is 15.5 Å². The molecule has 0 radical (unpaired) electrons. The van der Waals surface area contributed by atoms with Crippen LogP contribution in [-0.2, 0) is 22.6 Å². The van der Waals surface area contributed by atoms with E-state index in [1.807, 2.05) is 60.7 Å². The van der Waals surface area contributed by atoms with E-state index in [9.17, 15) is 9.59 Å². The number of azo groups is 1. The standard InChI is InChI=1S/C20H23N3O4/c1-15(19(24)25)23-21-13-18(12-16-8-4-2-5-9-16)22-20(26)27-14-17-10-6-3-7-11-17/h2-11,15,18H,12-14H2,1H3,(H,22,26)(H,24,25)/t15-,18?/m1/s1. The summed E-state index contributed by atoms with van der Waals surface area (Å²) in [4.78, 5) is 22.9. The number of rotatable bonds is 9. The van der Waals surface area contributed by atoms with Gasteiger partial charge in [-0.15, -0.1) is 0 Å². The lowest BCUT2D eigenvalue weighted by Crippen LogP contribution is -2.39. The number of benzene rings is 2. The van der Waals surface area contributed by atoms with Gasteiger partial charge in [-0.05, 0) is 24.5 Å². The molecule has 0 aromatic heterocycles. The number of alkyl carbamates (subject to hydrolysis) is 1. The van der Waals surface area contributed by atoms with Crippen molar-refractivity contribution in [3.05, 3.63) is 71.8 Å². The van der Waals surface area contributed by atoms with Crippen molar-refractivity contribution >= 4 is 12.1 Å². The van der Waals surface area contributed by atoms with E-state index in [0.717, 1.165) is 11.1 Å². The molecule has 1 unspecified atom stereocenters. The van der Waals surface area contributed by atoms with Gasteiger partial charge in [0.05, 0.1) is 12.6 Å². The largest absolute Gasteiger partial charge is 0.480 e. The molecule has 0 saturated heterocycles. The lowest BCUT2D eigenvalue weighted by molar-refractivity contribution is -0.138. The SMILES string of the molecule is C[C@@H](N=NCC(Cc1ccccc1)NC(=O)OCc1ccccc1)C(=O)O. The van der Waals surface area contributed by atoms with Crippen molar-refractivity contribution < 1.29 is 19.4 Å². The minimum absolute atomic E-state index is 0.160. The fourth-order valence-corrected chi connectivity index (χ4v) is 2.31. The van der Waals surface area contributed by atoms with Crippen LogP contribution in [0, 0.1) is 0 Å². The molecule has 0 aliphatic heterocycles. The summed E-state index contributed by atoms with van der Waals surface area (Å²) in [5, 5.41) is 19.3. The highest BCUT2D eigenvalue weighted by Gasteiger charge is 2.15. The Hall–Kier alpha value is -3.22. The summed E-state index contributed by atoms with van der Waals surface area (Å²) in [7, 11) is 0. The van der Waals surface area contributed by atoms with Crippen molar-refractivity contribution in [2.24, 2.45) is 10.2 Å². The smallest absolute Gasteiger partial charge is 0.407 e. The Balaban J connectivity index is 1.93. The van der Waals surface area contributed by atoms with Crippen molar-refractivity contribution in [2.45, 2.75) is 32.0 Å². The molecule has 0 spiro atoms. The van der Waals surface area contributed by atoms with Crippen LogP contribution in [-0.4, -0.2) is 35.8 Å². The summed E-state index contributed by atoms with van der Waals surface area (Å²) in [5.41, 5.74) is 1.91. The van der Waals surface area contributed by atoms with Crippen LogP contribution in [0.1, 0.15) is 18.1 Å². The number of carboxylic acids is 1. The van der Waals surface area contributed by atoms with Gasteiger partial charge in [-0.1, -0.05) is 60.7 Å². The van der Waals surface area contributed by atoms with Crippen LogP contribution in [0.2, 0.25) is 0 Å². The van der Waals surface area contributed by atoms with Gasteiger partial charge in [0, 0.05) is 0 Å². The van der Waals surface area contributed by atoms with Gasteiger partial charge >= 0.3 is 12.1 Å². The fourth-order valence-electron chi connectivity index (χ4n) is 2.31. The number of amides is 1. The number of hydrogen-bond donors (Lipinski definition) is 2. The zero-order valence-electron chi connectivity index (χ0n) is 15.1. The third-order valence-corrected chi connectivity index (χ3v) is 3.77. The highest BCUT2D eigenvalue weighted by atomic mass is 16.5. The van der Waals surface area contributed by atoms with Crippen LogP contribution in [0.4, 0.5) is 4.79 Å². The average Bonchev–Trinajstić information content (AvgIpc) is 2.67. The first-order valence-electron chi connectivity index (χ1n) is 8.65. The highest BCUT2D eigenvalue weighted by Crippen LogP contribution is 2.06. The maximum atomic E-state index is 12.1. The summed E-state index contributed by atoms with van der Waals surface area (Å²) >= 11 is 0. The third-order valence-electron chi connectivity index (χ3n) is 3.77. The molecule has 0 bridgehead atoms. The first-order valence-corrected chi connectivity index (χ1v) is 8.65. The number of nitrogens with zero attached hydrogens (tertiary/aromatic N) is 2. The number of hydrogen-bond acceptors (Lipinski definition) is 5. The molecule has 2 rings (SSSR count).